The van der Waals surface area contributed by atoms with Gasteiger partial charge in [-0.25, -0.2) is 4.98 Å². The van der Waals surface area contributed by atoms with Crippen molar-refractivity contribution in [3.63, 3.8) is 0 Å². The first kappa shape index (κ1) is 12.5. The van der Waals surface area contributed by atoms with Crippen LogP contribution in [0.5, 0.6) is 0 Å². The van der Waals surface area contributed by atoms with Crippen LogP contribution in [0, 0.1) is 6.92 Å². The van der Waals surface area contributed by atoms with Gasteiger partial charge in [-0.3, -0.25) is 0 Å². The first-order valence-electron chi connectivity index (χ1n) is 5.30. The fourth-order valence-corrected chi connectivity index (χ4v) is 2.92. The molecule has 0 aromatic carbocycles. The minimum Gasteiger partial charge on any atom is -0.328 e. The van der Waals surface area contributed by atoms with Gasteiger partial charge in [0, 0.05) is 12.2 Å². The Morgan fingerprint density at radius 2 is 2.35 bits per heavy atom. The lowest BCUT2D eigenvalue weighted by Crippen LogP contribution is -2.17. The summed E-state index contributed by atoms with van der Waals surface area (Å²) < 4.78 is 0.917. The van der Waals surface area contributed by atoms with Crippen LogP contribution in [-0.2, 0) is 6.42 Å². The number of aryl methyl sites for hydroxylation is 1. The molecule has 0 aliphatic rings. The topological polar surface area (TPSA) is 64.7 Å². The van der Waals surface area contributed by atoms with E-state index < -0.39 is 0 Å². The number of aromatic nitrogens is 3. The molecule has 4 nitrogen and oxygen atoms in total. The highest BCUT2D eigenvalue weighted by Crippen LogP contribution is 2.29. The molecular formula is C11H14N4S2. The number of pyridine rings is 1. The summed E-state index contributed by atoms with van der Waals surface area (Å²) in [6, 6.07) is 2.30. The van der Waals surface area contributed by atoms with Crippen molar-refractivity contribution < 1.29 is 0 Å². The molecule has 1 unspecified atom stereocenters. The molecule has 0 spiro atoms. The molecule has 6 heteroatoms. The van der Waals surface area contributed by atoms with Crippen LogP contribution in [0.1, 0.15) is 18.1 Å². The van der Waals surface area contributed by atoms with Gasteiger partial charge in [-0.15, -0.1) is 10.2 Å². The summed E-state index contributed by atoms with van der Waals surface area (Å²) in [4.78, 5) is 4.45. The van der Waals surface area contributed by atoms with Gasteiger partial charge in [0.15, 0.2) is 4.34 Å². The van der Waals surface area contributed by atoms with E-state index in [4.69, 9.17) is 5.73 Å². The number of nitrogens with two attached hydrogens (primary N) is 1. The second-order valence-corrected chi connectivity index (χ2v) is 6.02. The molecule has 0 radical (unpaired) electrons. The third kappa shape index (κ3) is 3.49. The van der Waals surface area contributed by atoms with Crippen LogP contribution in [0.15, 0.2) is 27.1 Å². The van der Waals surface area contributed by atoms with Crippen LogP contribution in [-0.4, -0.2) is 21.2 Å². The van der Waals surface area contributed by atoms with Crippen molar-refractivity contribution in [3.8, 4) is 0 Å². The van der Waals surface area contributed by atoms with Crippen molar-refractivity contribution in [2.45, 2.75) is 35.7 Å². The van der Waals surface area contributed by atoms with Crippen LogP contribution in [0.2, 0.25) is 0 Å². The number of hydrogen-bond donors (Lipinski definition) is 1. The summed E-state index contributed by atoms with van der Waals surface area (Å²) in [7, 11) is 0. The molecule has 1 atom stereocenters. The van der Waals surface area contributed by atoms with Crippen molar-refractivity contribution in [1.82, 2.24) is 15.2 Å². The van der Waals surface area contributed by atoms with E-state index >= 15 is 0 Å². The molecule has 0 bridgehead atoms. The van der Waals surface area contributed by atoms with Gasteiger partial charge in [0.2, 0.25) is 0 Å². The molecule has 0 amide bonds. The smallest absolute Gasteiger partial charge is 0.180 e. The highest BCUT2D eigenvalue weighted by molar-refractivity contribution is 8.01. The van der Waals surface area contributed by atoms with Crippen molar-refractivity contribution in [3.05, 3.63) is 28.9 Å². The Balaban J connectivity index is 2.14. The zero-order valence-electron chi connectivity index (χ0n) is 9.75. The molecule has 90 valence electrons. The Bertz CT molecular complexity index is 482. The zero-order chi connectivity index (χ0) is 12.3. The van der Waals surface area contributed by atoms with Crippen LogP contribution in [0.3, 0.4) is 0 Å². The second kappa shape index (κ2) is 5.57. The molecule has 0 saturated heterocycles. The van der Waals surface area contributed by atoms with E-state index in [0.717, 1.165) is 21.3 Å². The third-order valence-corrected chi connectivity index (χ3v) is 4.07. The van der Waals surface area contributed by atoms with Gasteiger partial charge in [-0.05, 0) is 43.2 Å². The molecule has 2 rings (SSSR count). The minimum absolute atomic E-state index is 0.165. The van der Waals surface area contributed by atoms with Crippen molar-refractivity contribution in [2.75, 3.05) is 0 Å². The van der Waals surface area contributed by atoms with E-state index in [-0.39, 0.29) is 6.04 Å². The first-order valence-corrected chi connectivity index (χ1v) is 7.00. The Morgan fingerprint density at radius 1 is 1.53 bits per heavy atom. The van der Waals surface area contributed by atoms with Gasteiger partial charge in [0.1, 0.15) is 10.5 Å². The maximum Gasteiger partial charge on any atom is 0.180 e. The fraction of sp³-hybridized carbons (Fsp3) is 0.364. The summed E-state index contributed by atoms with van der Waals surface area (Å²) >= 11 is 3.07. The van der Waals surface area contributed by atoms with Gasteiger partial charge in [-0.1, -0.05) is 17.4 Å². The Labute approximate surface area is 109 Å². The van der Waals surface area contributed by atoms with Crippen molar-refractivity contribution >= 4 is 23.1 Å². The Kier molecular flexibility index (Phi) is 4.09. The lowest BCUT2D eigenvalue weighted by Gasteiger charge is -2.07. The molecule has 0 fully saturated rings. The van der Waals surface area contributed by atoms with E-state index in [9.17, 15) is 0 Å². The Hall–Kier alpha value is -0.980. The van der Waals surface area contributed by atoms with Crippen LogP contribution >= 0.6 is 23.1 Å². The number of nitrogens with zero attached hydrogens (tertiary/aromatic N) is 3. The SMILES string of the molecule is Cc1cc(CC(C)N)cnc1Sc1nncs1. The zero-order valence-corrected chi connectivity index (χ0v) is 11.4. The summed E-state index contributed by atoms with van der Waals surface area (Å²) in [6.45, 7) is 4.06. The monoisotopic (exact) mass is 266 g/mol. The average molecular weight is 266 g/mol. The molecule has 0 saturated carbocycles. The summed E-state index contributed by atoms with van der Waals surface area (Å²) in [6.07, 6.45) is 2.75. The predicted molar refractivity (Wildman–Crippen MR) is 70.4 cm³/mol. The van der Waals surface area contributed by atoms with E-state index in [1.165, 1.54) is 16.9 Å². The van der Waals surface area contributed by atoms with E-state index in [0.29, 0.717) is 0 Å². The van der Waals surface area contributed by atoms with Gasteiger partial charge in [-0.2, -0.15) is 0 Å². The summed E-state index contributed by atoms with van der Waals surface area (Å²) in [5, 5.41) is 8.78. The summed E-state index contributed by atoms with van der Waals surface area (Å²) in [5.74, 6) is 0. The maximum atomic E-state index is 5.77. The highest BCUT2D eigenvalue weighted by Gasteiger charge is 2.07. The quantitative estimate of drug-likeness (QED) is 0.919. The second-order valence-electron chi connectivity index (χ2n) is 3.95. The van der Waals surface area contributed by atoms with Crippen molar-refractivity contribution in [2.24, 2.45) is 5.73 Å². The van der Waals surface area contributed by atoms with Gasteiger partial charge in [0.05, 0.1) is 0 Å². The minimum atomic E-state index is 0.165. The van der Waals surface area contributed by atoms with Crippen LogP contribution in [0.4, 0.5) is 0 Å². The van der Waals surface area contributed by atoms with Crippen LogP contribution < -0.4 is 5.73 Å². The van der Waals surface area contributed by atoms with E-state index in [2.05, 4.69) is 28.2 Å². The van der Waals surface area contributed by atoms with Crippen LogP contribution in [0.25, 0.3) is 0 Å². The predicted octanol–water partition coefficient (Wildman–Crippen LogP) is 2.28. The van der Waals surface area contributed by atoms with Gasteiger partial charge >= 0.3 is 0 Å². The molecule has 0 aliphatic heterocycles. The standard InChI is InChI=1S/C11H14N4S2/c1-7-3-9(4-8(2)12)5-13-10(7)17-11-15-14-6-16-11/h3,5-6,8H,4,12H2,1-2H3. The first-order chi connectivity index (χ1) is 8.15. The molecule has 17 heavy (non-hydrogen) atoms. The van der Waals surface area contributed by atoms with Gasteiger partial charge < -0.3 is 5.73 Å². The van der Waals surface area contributed by atoms with E-state index in [1.807, 2.05) is 13.1 Å². The molecule has 2 aromatic heterocycles. The van der Waals surface area contributed by atoms with Crippen molar-refractivity contribution in [1.29, 1.82) is 0 Å². The maximum absolute atomic E-state index is 5.77. The molecule has 2 aromatic rings. The largest absolute Gasteiger partial charge is 0.328 e. The average Bonchev–Trinajstić information content (AvgIpc) is 2.74. The lowest BCUT2D eigenvalue weighted by molar-refractivity contribution is 0.733. The molecule has 2 heterocycles. The summed E-state index contributed by atoms with van der Waals surface area (Å²) in [5.41, 5.74) is 9.83. The normalized spacial score (nSPS) is 12.6. The lowest BCUT2D eigenvalue weighted by atomic mass is 10.1. The third-order valence-electron chi connectivity index (χ3n) is 2.17. The van der Waals surface area contributed by atoms with E-state index in [1.54, 1.807) is 17.3 Å². The fourth-order valence-electron chi connectivity index (χ4n) is 1.50. The molecular weight excluding hydrogens is 252 g/mol. The highest BCUT2D eigenvalue weighted by atomic mass is 32.2. The number of rotatable bonds is 4. The Morgan fingerprint density at radius 3 is 2.94 bits per heavy atom. The number of hydrogen-bond acceptors (Lipinski definition) is 6. The molecule has 2 N–H and O–H groups in total. The van der Waals surface area contributed by atoms with Gasteiger partial charge in [0.25, 0.3) is 0 Å². The molecule has 0 aliphatic carbocycles.